The van der Waals surface area contributed by atoms with Gasteiger partial charge in [-0.05, 0) is 67.5 Å². The van der Waals surface area contributed by atoms with Gasteiger partial charge < -0.3 is 9.47 Å². The van der Waals surface area contributed by atoms with Crippen LogP contribution in [0.3, 0.4) is 0 Å². The summed E-state index contributed by atoms with van der Waals surface area (Å²) in [5.41, 5.74) is 3.04. The summed E-state index contributed by atoms with van der Waals surface area (Å²) in [7, 11) is 0. The molecule has 278 valence electrons. The lowest BCUT2D eigenvalue weighted by Crippen LogP contribution is -2.09. The fourth-order valence-corrected chi connectivity index (χ4v) is 7.04. The fourth-order valence-electron chi connectivity index (χ4n) is 7.04. The summed E-state index contributed by atoms with van der Waals surface area (Å²) >= 11 is 0. The first-order valence-corrected chi connectivity index (χ1v) is 21.1. The molecule has 3 nitrogen and oxygen atoms in total. The average molecular weight is 677 g/mol. The second-order valence-corrected chi connectivity index (χ2v) is 14.8. The van der Waals surface area contributed by atoms with Crippen LogP contribution in [0.1, 0.15) is 228 Å². The molecule has 2 aromatic carbocycles. The lowest BCUT2D eigenvalue weighted by atomic mass is 9.89. The van der Waals surface area contributed by atoms with Gasteiger partial charge in [-0.15, -0.1) is 0 Å². The quantitative estimate of drug-likeness (QED) is 0.0439. The molecule has 3 heteroatoms. The van der Waals surface area contributed by atoms with Crippen molar-refractivity contribution in [1.29, 1.82) is 0 Å². The van der Waals surface area contributed by atoms with Gasteiger partial charge in [-0.2, -0.15) is 0 Å². The van der Waals surface area contributed by atoms with Crippen LogP contribution in [-0.2, 0) is 4.74 Å². The molecule has 49 heavy (non-hydrogen) atoms. The molecule has 0 bridgehead atoms. The van der Waals surface area contributed by atoms with E-state index >= 15 is 0 Å². The van der Waals surface area contributed by atoms with Crippen molar-refractivity contribution in [2.24, 2.45) is 0 Å². The molecule has 0 saturated heterocycles. The highest BCUT2D eigenvalue weighted by Gasteiger charge is 2.14. The van der Waals surface area contributed by atoms with Crippen molar-refractivity contribution >= 4 is 5.97 Å². The number of hydrogen-bond acceptors (Lipinski definition) is 3. The largest absolute Gasteiger partial charge is 0.423 e. The van der Waals surface area contributed by atoms with Crippen LogP contribution in [0.4, 0.5) is 0 Å². The van der Waals surface area contributed by atoms with Crippen molar-refractivity contribution in [2.45, 2.75) is 207 Å². The molecule has 0 spiro atoms. The molecule has 0 radical (unpaired) electrons. The highest BCUT2D eigenvalue weighted by molar-refractivity contribution is 5.91. The van der Waals surface area contributed by atoms with E-state index in [2.05, 4.69) is 39.8 Å². The highest BCUT2D eigenvalue weighted by Crippen LogP contribution is 2.29. The van der Waals surface area contributed by atoms with E-state index in [4.69, 9.17) is 9.47 Å². The normalized spacial score (nSPS) is 12.7. The maximum atomic E-state index is 12.9. The van der Waals surface area contributed by atoms with Gasteiger partial charge in [0.15, 0.2) is 0 Å². The fraction of sp³-hybridized carbons (Fsp3) is 0.717. The smallest absolute Gasteiger partial charge is 0.343 e. The van der Waals surface area contributed by atoms with Gasteiger partial charge in [0.05, 0.1) is 11.7 Å². The van der Waals surface area contributed by atoms with Crippen LogP contribution in [-0.4, -0.2) is 12.6 Å². The SMILES string of the molecule is CCCCCCCCCCCCCCCCOC(C)c1ccc(C(=O)Oc2ccc(C(CCC)CCCCCCCCCCC)cc2)cc1. The zero-order valence-electron chi connectivity index (χ0n) is 32.6. The van der Waals surface area contributed by atoms with Gasteiger partial charge in [0, 0.05) is 6.61 Å². The third-order valence-corrected chi connectivity index (χ3v) is 10.3. The number of carbonyl (C=O) groups excluding carboxylic acids is 1. The van der Waals surface area contributed by atoms with E-state index in [1.54, 1.807) is 0 Å². The molecule has 0 aromatic heterocycles. The van der Waals surface area contributed by atoms with E-state index < -0.39 is 0 Å². The lowest BCUT2D eigenvalue weighted by Gasteiger charge is -2.17. The van der Waals surface area contributed by atoms with Gasteiger partial charge in [-0.1, -0.05) is 193 Å². The van der Waals surface area contributed by atoms with E-state index in [0.29, 0.717) is 17.2 Å². The van der Waals surface area contributed by atoms with E-state index in [9.17, 15) is 4.79 Å². The first-order chi connectivity index (χ1) is 24.1. The summed E-state index contributed by atoms with van der Waals surface area (Å²) < 4.78 is 11.9. The predicted molar refractivity (Wildman–Crippen MR) is 212 cm³/mol. The van der Waals surface area contributed by atoms with Crippen molar-refractivity contribution in [3.8, 4) is 5.75 Å². The second kappa shape index (κ2) is 29.6. The molecular weight excluding hydrogens is 601 g/mol. The van der Waals surface area contributed by atoms with Crippen LogP contribution in [0.2, 0.25) is 0 Å². The van der Waals surface area contributed by atoms with E-state index in [1.165, 1.54) is 166 Å². The van der Waals surface area contributed by atoms with Gasteiger partial charge in [0.1, 0.15) is 5.75 Å². The summed E-state index contributed by atoms with van der Waals surface area (Å²) in [6, 6.07) is 16.0. The zero-order chi connectivity index (χ0) is 35.2. The van der Waals surface area contributed by atoms with Crippen LogP contribution in [0.5, 0.6) is 5.75 Å². The topological polar surface area (TPSA) is 35.5 Å². The molecule has 0 fully saturated rings. The summed E-state index contributed by atoms with van der Waals surface area (Å²) in [6.45, 7) is 9.73. The van der Waals surface area contributed by atoms with Crippen molar-refractivity contribution < 1.29 is 14.3 Å². The standard InChI is InChI=1S/C46H76O3/c1-5-8-10-12-14-16-17-18-19-20-22-24-26-28-39-48-40(4)41-31-33-44(34-32-41)46(47)49-45-37-35-43(36-38-45)42(29-7-3)30-27-25-23-21-15-13-11-9-6-2/h31-38,40,42H,5-30,39H2,1-4H3. The molecule has 2 unspecified atom stereocenters. The third kappa shape index (κ3) is 21.0. The number of unbranched alkanes of at least 4 members (excludes halogenated alkanes) is 21. The Bertz CT molecular complexity index is 1030. The Labute approximate surface area is 303 Å². The monoisotopic (exact) mass is 677 g/mol. The van der Waals surface area contributed by atoms with E-state index in [1.807, 2.05) is 36.4 Å². The Kier molecular flexibility index (Phi) is 26.0. The Morgan fingerprint density at radius 3 is 1.39 bits per heavy atom. The van der Waals surface area contributed by atoms with Gasteiger partial charge in [-0.25, -0.2) is 4.79 Å². The van der Waals surface area contributed by atoms with E-state index in [0.717, 1.165) is 18.6 Å². The molecule has 0 saturated carbocycles. The first kappa shape index (κ1) is 43.0. The van der Waals surface area contributed by atoms with Crippen LogP contribution in [0.15, 0.2) is 48.5 Å². The summed E-state index contributed by atoms with van der Waals surface area (Å²) in [5.74, 6) is 0.890. The third-order valence-electron chi connectivity index (χ3n) is 10.3. The number of carbonyl (C=O) groups is 1. The molecule has 0 aliphatic heterocycles. The first-order valence-electron chi connectivity index (χ1n) is 21.1. The lowest BCUT2D eigenvalue weighted by molar-refractivity contribution is 0.0626. The maximum Gasteiger partial charge on any atom is 0.343 e. The van der Waals surface area contributed by atoms with Crippen LogP contribution in [0.25, 0.3) is 0 Å². The second-order valence-electron chi connectivity index (χ2n) is 14.8. The van der Waals surface area contributed by atoms with Crippen LogP contribution >= 0.6 is 0 Å². The predicted octanol–water partition coefficient (Wildman–Crippen LogP) is 15.3. The Morgan fingerprint density at radius 2 is 0.918 bits per heavy atom. The number of hydrogen-bond donors (Lipinski definition) is 0. The van der Waals surface area contributed by atoms with Crippen molar-refractivity contribution in [3.63, 3.8) is 0 Å². The number of rotatable bonds is 32. The molecule has 2 atom stereocenters. The molecule has 0 heterocycles. The minimum absolute atomic E-state index is 0.0196. The number of esters is 1. The molecular formula is C46H76O3. The Hall–Kier alpha value is -2.13. The van der Waals surface area contributed by atoms with Gasteiger partial charge in [-0.3, -0.25) is 0 Å². The Morgan fingerprint density at radius 1 is 0.490 bits per heavy atom. The molecule has 0 aliphatic rings. The summed E-state index contributed by atoms with van der Waals surface area (Å²) in [5, 5.41) is 0. The molecule has 2 rings (SSSR count). The van der Waals surface area contributed by atoms with Crippen molar-refractivity contribution in [1.82, 2.24) is 0 Å². The molecule has 0 aliphatic carbocycles. The van der Waals surface area contributed by atoms with E-state index in [-0.39, 0.29) is 12.1 Å². The van der Waals surface area contributed by atoms with Crippen LogP contribution < -0.4 is 4.74 Å². The van der Waals surface area contributed by atoms with Gasteiger partial charge in [0.2, 0.25) is 0 Å². The van der Waals surface area contributed by atoms with Crippen molar-refractivity contribution in [3.05, 3.63) is 65.2 Å². The maximum absolute atomic E-state index is 12.9. The summed E-state index contributed by atoms with van der Waals surface area (Å²) in [4.78, 5) is 12.9. The summed E-state index contributed by atoms with van der Waals surface area (Å²) in [6.07, 6.45) is 35.1. The van der Waals surface area contributed by atoms with Gasteiger partial charge >= 0.3 is 5.97 Å². The minimum Gasteiger partial charge on any atom is -0.423 e. The van der Waals surface area contributed by atoms with Crippen molar-refractivity contribution in [2.75, 3.05) is 6.61 Å². The molecule has 0 amide bonds. The van der Waals surface area contributed by atoms with Gasteiger partial charge in [0.25, 0.3) is 0 Å². The number of benzene rings is 2. The highest BCUT2D eigenvalue weighted by atomic mass is 16.5. The average Bonchev–Trinajstić information content (AvgIpc) is 3.12. The molecule has 2 aromatic rings. The number of ether oxygens (including phenoxy) is 2. The zero-order valence-corrected chi connectivity index (χ0v) is 32.6. The minimum atomic E-state index is -0.310. The Balaban J connectivity index is 1.60. The molecule has 0 N–H and O–H groups in total. The van der Waals surface area contributed by atoms with Crippen LogP contribution in [0, 0.1) is 0 Å².